The molecule has 1 heterocycles. The highest BCUT2D eigenvalue weighted by Crippen LogP contribution is 2.32. The molecule has 1 unspecified atom stereocenters. The van der Waals surface area contributed by atoms with E-state index in [0.29, 0.717) is 0 Å². The molecule has 0 bridgehead atoms. The third kappa shape index (κ3) is 2.01. The second-order valence-corrected chi connectivity index (χ2v) is 4.91. The lowest BCUT2D eigenvalue weighted by Gasteiger charge is -2.33. The van der Waals surface area contributed by atoms with Crippen LogP contribution in [0.4, 0.5) is 0 Å². The van der Waals surface area contributed by atoms with Gasteiger partial charge in [-0.2, -0.15) is 0 Å². The molecule has 80 valence electrons. The number of allylic oxidation sites excluding steroid dienone is 1. The second kappa shape index (κ2) is 4.03. The summed E-state index contributed by atoms with van der Waals surface area (Å²) >= 11 is 0. The van der Waals surface area contributed by atoms with Crippen LogP contribution in [-0.4, -0.2) is 24.2 Å². The van der Waals surface area contributed by atoms with Gasteiger partial charge in [0.2, 0.25) is 0 Å². The number of nitrogens with zero attached hydrogens (tertiary/aromatic N) is 1. The van der Waals surface area contributed by atoms with Crippen molar-refractivity contribution in [1.82, 2.24) is 4.90 Å². The second-order valence-electron chi connectivity index (χ2n) is 4.91. The van der Waals surface area contributed by atoms with E-state index in [4.69, 9.17) is 5.73 Å². The minimum absolute atomic E-state index is 0.0246. The maximum absolute atomic E-state index is 6.42. The number of rotatable bonds is 2. The molecule has 0 saturated carbocycles. The Hall–Kier alpha value is -0.340. The van der Waals surface area contributed by atoms with Crippen LogP contribution in [0, 0.1) is 0 Å². The predicted molar refractivity (Wildman–Crippen MR) is 60.0 cm³/mol. The Balaban J connectivity index is 1.98. The maximum atomic E-state index is 6.42. The molecular weight excluding hydrogens is 172 g/mol. The molecule has 0 aromatic carbocycles. The van der Waals surface area contributed by atoms with E-state index in [-0.39, 0.29) is 5.66 Å². The number of likely N-dealkylation sites (tertiary alicyclic amines) is 1. The average molecular weight is 194 g/mol. The minimum Gasteiger partial charge on any atom is -0.313 e. The Morgan fingerprint density at radius 2 is 2.29 bits per heavy atom. The largest absolute Gasteiger partial charge is 0.313 e. The zero-order valence-corrected chi connectivity index (χ0v) is 9.26. The summed E-state index contributed by atoms with van der Waals surface area (Å²) in [5.41, 5.74) is 8.00. The Morgan fingerprint density at radius 1 is 1.43 bits per heavy atom. The van der Waals surface area contributed by atoms with Crippen LogP contribution in [0.25, 0.3) is 0 Å². The molecule has 14 heavy (non-hydrogen) atoms. The van der Waals surface area contributed by atoms with Crippen LogP contribution in [0.3, 0.4) is 0 Å². The minimum atomic E-state index is -0.0246. The predicted octanol–water partition coefficient (Wildman–Crippen LogP) is 2.26. The van der Waals surface area contributed by atoms with Crippen LogP contribution in [0.1, 0.15) is 44.9 Å². The zero-order chi connectivity index (χ0) is 10.0. The van der Waals surface area contributed by atoms with Gasteiger partial charge in [-0.3, -0.25) is 4.90 Å². The molecule has 1 saturated heterocycles. The van der Waals surface area contributed by atoms with Gasteiger partial charge in [-0.1, -0.05) is 11.6 Å². The highest BCUT2D eigenvalue weighted by molar-refractivity contribution is 5.11. The Morgan fingerprint density at radius 3 is 2.86 bits per heavy atom. The van der Waals surface area contributed by atoms with E-state index in [1.54, 1.807) is 5.57 Å². The SMILES string of the molecule is CN1CCCC1(N)CC1=CCCCC1. The Bertz CT molecular complexity index is 234. The third-order valence-corrected chi connectivity index (χ3v) is 3.78. The summed E-state index contributed by atoms with van der Waals surface area (Å²) < 4.78 is 0. The van der Waals surface area contributed by atoms with Crippen LogP contribution in [-0.2, 0) is 0 Å². The van der Waals surface area contributed by atoms with Crippen molar-refractivity contribution < 1.29 is 0 Å². The van der Waals surface area contributed by atoms with Gasteiger partial charge >= 0.3 is 0 Å². The summed E-state index contributed by atoms with van der Waals surface area (Å²) in [6.07, 6.45) is 11.2. The number of hydrogen-bond donors (Lipinski definition) is 1. The average Bonchev–Trinajstić information content (AvgIpc) is 2.48. The Labute approximate surface area is 87.2 Å². The lowest BCUT2D eigenvalue weighted by Crippen LogP contribution is -2.50. The highest BCUT2D eigenvalue weighted by Gasteiger charge is 2.35. The van der Waals surface area contributed by atoms with E-state index in [2.05, 4.69) is 18.0 Å². The smallest absolute Gasteiger partial charge is 0.0723 e. The van der Waals surface area contributed by atoms with E-state index in [9.17, 15) is 0 Å². The van der Waals surface area contributed by atoms with Gasteiger partial charge in [0.25, 0.3) is 0 Å². The summed E-state index contributed by atoms with van der Waals surface area (Å²) in [7, 11) is 2.16. The first-order chi connectivity index (χ1) is 6.71. The van der Waals surface area contributed by atoms with Crippen LogP contribution >= 0.6 is 0 Å². The van der Waals surface area contributed by atoms with Crippen LogP contribution in [0.2, 0.25) is 0 Å². The first-order valence-corrected chi connectivity index (χ1v) is 5.89. The van der Waals surface area contributed by atoms with Crippen LogP contribution < -0.4 is 5.73 Å². The summed E-state index contributed by atoms with van der Waals surface area (Å²) in [6, 6.07) is 0. The van der Waals surface area contributed by atoms with Crippen molar-refractivity contribution in [2.45, 2.75) is 50.6 Å². The van der Waals surface area contributed by atoms with Gasteiger partial charge in [-0.25, -0.2) is 0 Å². The van der Waals surface area contributed by atoms with Crippen molar-refractivity contribution in [2.24, 2.45) is 5.73 Å². The zero-order valence-electron chi connectivity index (χ0n) is 9.26. The van der Waals surface area contributed by atoms with Crippen molar-refractivity contribution in [3.05, 3.63) is 11.6 Å². The number of nitrogens with two attached hydrogens (primary N) is 1. The van der Waals surface area contributed by atoms with E-state index in [1.807, 2.05) is 0 Å². The van der Waals surface area contributed by atoms with Crippen molar-refractivity contribution in [3.63, 3.8) is 0 Å². The standard InChI is InChI=1S/C12H22N2/c1-14-9-5-8-12(14,13)10-11-6-3-2-4-7-11/h6H,2-5,7-10,13H2,1H3. The normalized spacial score (nSPS) is 34.6. The fourth-order valence-electron chi connectivity index (χ4n) is 2.72. The molecule has 1 aliphatic heterocycles. The van der Waals surface area contributed by atoms with E-state index >= 15 is 0 Å². The van der Waals surface area contributed by atoms with Gasteiger partial charge in [0.05, 0.1) is 5.66 Å². The third-order valence-electron chi connectivity index (χ3n) is 3.78. The Kier molecular flexibility index (Phi) is 2.93. The summed E-state index contributed by atoms with van der Waals surface area (Å²) in [4.78, 5) is 2.34. The van der Waals surface area contributed by atoms with Crippen molar-refractivity contribution >= 4 is 0 Å². The van der Waals surface area contributed by atoms with E-state index < -0.39 is 0 Å². The topological polar surface area (TPSA) is 29.3 Å². The highest BCUT2D eigenvalue weighted by atomic mass is 15.3. The molecule has 1 fully saturated rings. The molecule has 0 amide bonds. The number of hydrogen-bond acceptors (Lipinski definition) is 2. The quantitative estimate of drug-likeness (QED) is 0.683. The fraction of sp³-hybridized carbons (Fsp3) is 0.833. The lowest BCUT2D eigenvalue weighted by molar-refractivity contribution is 0.178. The summed E-state index contributed by atoms with van der Waals surface area (Å²) in [5.74, 6) is 0. The monoisotopic (exact) mass is 194 g/mol. The molecule has 0 spiro atoms. The van der Waals surface area contributed by atoms with Crippen LogP contribution in [0.15, 0.2) is 11.6 Å². The first kappa shape index (κ1) is 10.2. The molecule has 2 aliphatic rings. The lowest BCUT2D eigenvalue weighted by atomic mass is 9.90. The van der Waals surface area contributed by atoms with Crippen molar-refractivity contribution in [3.8, 4) is 0 Å². The summed E-state index contributed by atoms with van der Waals surface area (Å²) in [6.45, 7) is 1.17. The van der Waals surface area contributed by atoms with Crippen molar-refractivity contribution in [1.29, 1.82) is 0 Å². The molecule has 1 atom stereocenters. The van der Waals surface area contributed by atoms with Gasteiger partial charge in [-0.05, 0) is 58.5 Å². The van der Waals surface area contributed by atoms with Gasteiger partial charge in [0.15, 0.2) is 0 Å². The van der Waals surface area contributed by atoms with Gasteiger partial charge < -0.3 is 5.73 Å². The van der Waals surface area contributed by atoms with Crippen molar-refractivity contribution in [2.75, 3.05) is 13.6 Å². The van der Waals surface area contributed by atoms with Gasteiger partial charge in [0.1, 0.15) is 0 Å². The molecule has 2 nitrogen and oxygen atoms in total. The van der Waals surface area contributed by atoms with E-state index in [0.717, 1.165) is 6.42 Å². The van der Waals surface area contributed by atoms with Crippen LogP contribution in [0.5, 0.6) is 0 Å². The molecule has 0 aromatic rings. The molecular formula is C12H22N2. The summed E-state index contributed by atoms with van der Waals surface area (Å²) in [5, 5.41) is 0. The van der Waals surface area contributed by atoms with E-state index in [1.165, 1.54) is 45.1 Å². The molecule has 1 aliphatic carbocycles. The first-order valence-electron chi connectivity index (χ1n) is 5.89. The fourth-order valence-corrected chi connectivity index (χ4v) is 2.72. The molecule has 2 rings (SSSR count). The molecule has 0 aromatic heterocycles. The molecule has 0 radical (unpaired) electrons. The van der Waals surface area contributed by atoms with Gasteiger partial charge in [0, 0.05) is 0 Å². The molecule has 2 heteroatoms. The van der Waals surface area contributed by atoms with Gasteiger partial charge in [-0.15, -0.1) is 0 Å². The molecule has 2 N–H and O–H groups in total. The maximum Gasteiger partial charge on any atom is 0.0723 e.